The van der Waals surface area contributed by atoms with Crippen molar-refractivity contribution in [3.8, 4) is 0 Å². The van der Waals surface area contributed by atoms with Crippen molar-refractivity contribution in [3.05, 3.63) is 0 Å². The molecule has 5 atom stereocenters. The molecule has 0 aromatic carbocycles. The lowest BCUT2D eigenvalue weighted by Crippen LogP contribution is -2.30. The Kier molecular flexibility index (Phi) is 62.1. The Bertz CT molecular complexity index is 1720. The highest BCUT2D eigenvalue weighted by molar-refractivity contribution is 7.47. The average molecular weight is 1310 g/mol. The van der Waals surface area contributed by atoms with Crippen molar-refractivity contribution >= 4 is 39.5 Å². The normalized spacial score (nSPS) is 14.1. The number of ether oxygens (including phenoxy) is 4. The molecule has 3 N–H and O–H groups in total. The summed E-state index contributed by atoms with van der Waals surface area (Å²) in [4.78, 5) is 72.5. The van der Waals surface area contributed by atoms with E-state index in [2.05, 4.69) is 34.6 Å². The highest BCUT2D eigenvalue weighted by atomic mass is 31.2. The maximum absolute atomic E-state index is 13.0. The summed E-state index contributed by atoms with van der Waals surface area (Å²) in [7, 11) is -9.90. The Balaban J connectivity index is 5.23. The van der Waals surface area contributed by atoms with E-state index in [1.54, 1.807) is 0 Å². The number of hydrogen-bond acceptors (Lipinski definition) is 15. The molecule has 0 aliphatic rings. The second-order valence-electron chi connectivity index (χ2n) is 25.7. The minimum atomic E-state index is -4.95. The van der Waals surface area contributed by atoms with Crippen molar-refractivity contribution in [2.75, 3.05) is 39.6 Å². The summed E-state index contributed by atoms with van der Waals surface area (Å²) >= 11 is 0. The van der Waals surface area contributed by atoms with Crippen molar-refractivity contribution in [3.63, 3.8) is 0 Å². The molecule has 0 aromatic heterocycles. The van der Waals surface area contributed by atoms with Crippen LogP contribution in [0.3, 0.4) is 0 Å². The first kappa shape index (κ1) is 87.1. The van der Waals surface area contributed by atoms with Gasteiger partial charge in [0.1, 0.15) is 19.3 Å². The van der Waals surface area contributed by atoms with Crippen molar-refractivity contribution < 1.29 is 80.2 Å². The van der Waals surface area contributed by atoms with Gasteiger partial charge in [-0.25, -0.2) is 9.13 Å². The van der Waals surface area contributed by atoms with Gasteiger partial charge < -0.3 is 33.8 Å². The first-order chi connectivity index (χ1) is 43.0. The van der Waals surface area contributed by atoms with E-state index in [9.17, 15) is 43.2 Å². The van der Waals surface area contributed by atoms with Gasteiger partial charge in [0.15, 0.2) is 12.2 Å². The molecule has 0 aliphatic carbocycles. The molecule has 0 spiro atoms. The number of esters is 4. The molecular weight excluding hydrogens is 1170 g/mol. The van der Waals surface area contributed by atoms with Gasteiger partial charge in [-0.05, 0) is 31.6 Å². The molecule has 528 valence electrons. The van der Waals surface area contributed by atoms with E-state index in [0.29, 0.717) is 25.7 Å². The van der Waals surface area contributed by atoms with Gasteiger partial charge in [0.2, 0.25) is 0 Å². The number of phosphoric ester groups is 2. The summed E-state index contributed by atoms with van der Waals surface area (Å²) in [5.74, 6) is -1.40. The molecule has 0 radical (unpaired) electrons. The van der Waals surface area contributed by atoms with Gasteiger partial charge in [-0.1, -0.05) is 311 Å². The Hall–Kier alpha value is -1.94. The van der Waals surface area contributed by atoms with Crippen LogP contribution < -0.4 is 0 Å². The van der Waals surface area contributed by atoms with Gasteiger partial charge in [0.25, 0.3) is 0 Å². The Labute approximate surface area is 543 Å². The monoisotopic (exact) mass is 1310 g/mol. The first-order valence-corrected chi connectivity index (χ1v) is 39.6. The van der Waals surface area contributed by atoms with E-state index in [4.69, 9.17) is 37.0 Å². The number of unbranched alkanes of at least 4 members (excludes halogenated alkanes) is 42. The SMILES string of the molecule is CCCCCCCCCCCCCCCCCC(=O)O[C@H](COC(=O)CCCCCCCCCCCCCCCC)COP(=O)(O)OC[C@@H](O)COP(=O)(O)OC[C@@H](COC(=O)CCCCCCCCCCC)OC(=O)CCCCCCCCCCC(C)C. The summed E-state index contributed by atoms with van der Waals surface area (Å²) in [5, 5.41) is 10.6. The number of hydrogen-bond donors (Lipinski definition) is 3. The number of aliphatic hydroxyl groups is 1. The highest BCUT2D eigenvalue weighted by Gasteiger charge is 2.30. The van der Waals surface area contributed by atoms with Gasteiger partial charge >= 0.3 is 39.5 Å². The molecule has 0 aromatic rings. The van der Waals surface area contributed by atoms with Crippen LogP contribution >= 0.6 is 15.6 Å². The van der Waals surface area contributed by atoms with Crippen molar-refractivity contribution in [1.82, 2.24) is 0 Å². The Morgan fingerprint density at radius 1 is 0.303 bits per heavy atom. The van der Waals surface area contributed by atoms with Crippen LogP contribution in [-0.4, -0.2) is 96.7 Å². The molecule has 0 amide bonds. The molecule has 19 heteroatoms. The van der Waals surface area contributed by atoms with E-state index in [1.165, 1.54) is 186 Å². The fraction of sp³-hybridized carbons (Fsp3) is 0.943. The van der Waals surface area contributed by atoms with Crippen LogP contribution in [0, 0.1) is 5.92 Å². The maximum Gasteiger partial charge on any atom is 0.472 e. The highest BCUT2D eigenvalue weighted by Crippen LogP contribution is 2.45. The zero-order valence-electron chi connectivity index (χ0n) is 57.6. The number of carbonyl (C=O) groups is 4. The lowest BCUT2D eigenvalue weighted by Gasteiger charge is -2.21. The molecule has 0 aliphatic heterocycles. The van der Waals surface area contributed by atoms with Crippen molar-refractivity contribution in [2.24, 2.45) is 5.92 Å². The third kappa shape index (κ3) is 64.6. The first-order valence-electron chi connectivity index (χ1n) is 36.6. The summed E-state index contributed by atoms with van der Waals surface area (Å²) in [6.45, 7) is 7.20. The Morgan fingerprint density at radius 3 is 0.764 bits per heavy atom. The van der Waals surface area contributed by atoms with E-state index in [0.717, 1.165) is 95.8 Å². The molecule has 0 bridgehead atoms. The van der Waals surface area contributed by atoms with Crippen LogP contribution in [0.25, 0.3) is 0 Å². The molecule has 2 unspecified atom stereocenters. The van der Waals surface area contributed by atoms with Crippen LogP contribution in [-0.2, 0) is 65.4 Å². The fourth-order valence-electron chi connectivity index (χ4n) is 10.6. The predicted molar refractivity (Wildman–Crippen MR) is 358 cm³/mol. The zero-order valence-corrected chi connectivity index (χ0v) is 59.4. The summed E-state index contributed by atoms with van der Waals surface area (Å²) in [6, 6.07) is 0. The molecule has 0 saturated carbocycles. The summed E-state index contributed by atoms with van der Waals surface area (Å²) in [6.07, 6.45) is 49.9. The second kappa shape index (κ2) is 63.5. The number of aliphatic hydroxyl groups excluding tert-OH is 1. The lowest BCUT2D eigenvalue weighted by atomic mass is 10.0. The van der Waals surface area contributed by atoms with Gasteiger partial charge in [0, 0.05) is 25.7 Å². The van der Waals surface area contributed by atoms with Gasteiger partial charge in [-0.3, -0.25) is 37.3 Å². The van der Waals surface area contributed by atoms with Gasteiger partial charge in [-0.15, -0.1) is 0 Å². The fourth-order valence-corrected chi connectivity index (χ4v) is 12.2. The van der Waals surface area contributed by atoms with Crippen LogP contribution in [0.15, 0.2) is 0 Å². The molecule has 0 heterocycles. The average Bonchev–Trinajstić information content (AvgIpc) is 3.59. The quantitative estimate of drug-likeness (QED) is 0.0222. The molecule has 89 heavy (non-hydrogen) atoms. The van der Waals surface area contributed by atoms with Crippen molar-refractivity contribution in [1.29, 1.82) is 0 Å². The van der Waals surface area contributed by atoms with E-state index >= 15 is 0 Å². The molecule has 0 fully saturated rings. The standard InChI is InChI=1S/C70H136O17P2/c1-6-9-12-15-18-21-23-25-27-29-31-34-40-45-50-55-69(74)86-65(60-81-68(73)54-49-44-39-33-30-28-26-24-22-19-16-13-10-7-2)61-84-88(76,77)82-57-64(71)58-83-89(78,79)85-62-66(59-80-67(72)53-48-43-38-32-20-17-14-11-8-3)87-70(75)56-51-46-41-36-35-37-42-47-52-63(4)5/h63-66,71H,6-62H2,1-5H3,(H,76,77)(H,78,79)/t64-,65-,66-/m1/s1. The zero-order chi connectivity index (χ0) is 65.6. The maximum atomic E-state index is 13.0. The second-order valence-corrected chi connectivity index (χ2v) is 28.7. The van der Waals surface area contributed by atoms with Crippen LogP contribution in [0.5, 0.6) is 0 Å². The van der Waals surface area contributed by atoms with Crippen LogP contribution in [0.4, 0.5) is 0 Å². The third-order valence-electron chi connectivity index (χ3n) is 16.3. The third-order valence-corrected chi connectivity index (χ3v) is 18.2. The summed E-state index contributed by atoms with van der Waals surface area (Å²) in [5.41, 5.74) is 0. The number of rotatable bonds is 70. The molecule has 0 saturated heterocycles. The van der Waals surface area contributed by atoms with E-state index in [-0.39, 0.29) is 25.7 Å². The van der Waals surface area contributed by atoms with Crippen LogP contribution in [0.2, 0.25) is 0 Å². The molecule has 0 rings (SSSR count). The number of carbonyl (C=O) groups excluding carboxylic acids is 4. The van der Waals surface area contributed by atoms with Gasteiger partial charge in [-0.2, -0.15) is 0 Å². The minimum absolute atomic E-state index is 0.105. The predicted octanol–water partition coefficient (Wildman–Crippen LogP) is 20.1. The summed E-state index contributed by atoms with van der Waals surface area (Å²) < 4.78 is 68.3. The molecular formula is C70H136O17P2. The lowest BCUT2D eigenvalue weighted by molar-refractivity contribution is -0.161. The number of phosphoric acid groups is 2. The largest absolute Gasteiger partial charge is 0.472 e. The van der Waals surface area contributed by atoms with E-state index < -0.39 is 97.5 Å². The van der Waals surface area contributed by atoms with E-state index in [1.807, 2.05) is 0 Å². The minimum Gasteiger partial charge on any atom is -0.462 e. The van der Waals surface area contributed by atoms with Gasteiger partial charge in [0.05, 0.1) is 26.4 Å². The Morgan fingerprint density at radius 2 is 0.517 bits per heavy atom. The molecule has 17 nitrogen and oxygen atoms in total. The van der Waals surface area contributed by atoms with Crippen molar-refractivity contribution in [2.45, 2.75) is 380 Å². The smallest absolute Gasteiger partial charge is 0.462 e. The topological polar surface area (TPSA) is 237 Å². The van der Waals surface area contributed by atoms with Crippen LogP contribution in [0.1, 0.15) is 362 Å².